The van der Waals surface area contributed by atoms with Gasteiger partial charge in [0.15, 0.2) is 71.3 Å². The summed E-state index contributed by atoms with van der Waals surface area (Å²) in [6, 6.07) is 0. The van der Waals surface area contributed by atoms with Crippen LogP contribution < -0.4 is 26.6 Å². The predicted molar refractivity (Wildman–Crippen MR) is 243 cm³/mol. The van der Waals surface area contributed by atoms with Crippen LogP contribution in [0.1, 0.15) is 96.9 Å². The molecule has 6 aliphatic heterocycles. The van der Waals surface area contributed by atoms with Crippen molar-refractivity contribution < 1.29 is 90.3 Å². The molecule has 0 unspecified atom stereocenters. The molecule has 6 aliphatic rings. The molecule has 27 nitrogen and oxygen atoms in total. The maximum absolute atomic E-state index is 13.8. The molecule has 406 valence electrons. The highest BCUT2D eigenvalue weighted by atomic mass is 16.8. The van der Waals surface area contributed by atoms with Crippen molar-refractivity contribution in [2.24, 2.45) is 5.11 Å². The van der Waals surface area contributed by atoms with Gasteiger partial charge in [0, 0.05) is 37.6 Å². The van der Waals surface area contributed by atoms with Gasteiger partial charge in [-0.1, -0.05) is 5.11 Å². The Kier molecular flexibility index (Phi) is 17.3. The van der Waals surface area contributed by atoms with Crippen LogP contribution in [0.2, 0.25) is 0 Å². The number of amides is 5. The van der Waals surface area contributed by atoms with Crippen molar-refractivity contribution in [3.8, 4) is 0 Å². The topological polar surface area (TPSA) is 331 Å². The summed E-state index contributed by atoms with van der Waals surface area (Å²) < 4.78 is 76.3. The molecule has 6 saturated heterocycles. The maximum Gasteiger partial charge on any atom is 0.338 e. The molecule has 0 saturated carbocycles. The summed E-state index contributed by atoms with van der Waals surface area (Å²) in [6.07, 6.45) is -13.1. The number of esters is 1. The average Bonchev–Trinajstić information content (AvgIpc) is 4.08. The van der Waals surface area contributed by atoms with E-state index < -0.39 is 150 Å². The van der Waals surface area contributed by atoms with E-state index in [-0.39, 0.29) is 39.3 Å². The van der Waals surface area contributed by atoms with Crippen LogP contribution in [-0.4, -0.2) is 189 Å². The summed E-state index contributed by atoms with van der Waals surface area (Å²) in [7, 11) is 0. The van der Waals surface area contributed by atoms with E-state index in [1.807, 2.05) is 0 Å². The van der Waals surface area contributed by atoms with Crippen LogP contribution in [0, 0.1) is 0 Å². The Morgan fingerprint density at radius 1 is 0.417 bits per heavy atom. The third-order valence-corrected chi connectivity index (χ3v) is 11.7. The first-order valence-corrected chi connectivity index (χ1v) is 24.0. The van der Waals surface area contributed by atoms with E-state index in [1.165, 1.54) is 0 Å². The Balaban J connectivity index is 1.01. The van der Waals surface area contributed by atoms with E-state index in [0.29, 0.717) is 0 Å². The van der Waals surface area contributed by atoms with Crippen LogP contribution in [-0.2, 0) is 90.3 Å². The molecule has 6 heterocycles. The molecule has 0 aromatic rings. The minimum absolute atomic E-state index is 0.121. The molecule has 0 radical (unpaired) electrons. The molecule has 0 bridgehead atoms. The van der Waals surface area contributed by atoms with Crippen molar-refractivity contribution >= 4 is 35.5 Å². The molecular weight excluding hydrogens is 957 g/mol. The minimum atomic E-state index is -1.25. The van der Waals surface area contributed by atoms with E-state index in [9.17, 15) is 28.8 Å². The first-order chi connectivity index (χ1) is 33.3. The molecule has 6 rings (SSSR count). The number of nitrogens with zero attached hydrogens (tertiary/aromatic N) is 3. The monoisotopic (exact) mass is 1030 g/mol. The fourth-order valence-corrected chi connectivity index (χ4v) is 9.13. The molecular formula is C45H72N8O19. The second-order valence-electron chi connectivity index (χ2n) is 21.2. The molecule has 27 heteroatoms. The first kappa shape index (κ1) is 56.9. The van der Waals surface area contributed by atoms with E-state index in [1.54, 1.807) is 96.9 Å². The van der Waals surface area contributed by atoms with Crippen LogP contribution in [0.15, 0.2) is 5.11 Å². The quantitative estimate of drug-likeness (QED) is 0.0490. The van der Waals surface area contributed by atoms with Gasteiger partial charge in [-0.2, -0.15) is 0 Å². The standard InChI is InChI=1S/C45H72N8O19/c1-21(2)60-39(59)33-26(65-45(13,14)72-33)19-51-37(57)31-24(63-43(9,10)70-31)17-49-35(55)29-22(61-41(5,6)68-29)15-47-34(54)28-23(62-40(3,4)67-28)16-48-36(56)30-25(64-42(7,8)69-30)18-50-38(58)32-27(20-52-53-46)66-44(11,12)71-32/h21-33H,15-20H2,1-14H3,(H,47,54)(H,48,56)(H,49,55)(H,50,58)(H,51,57)/t22-,23-,24-,25-,26-,27-,28+,29+,30+,31+,32+,33+/m0/s1. The van der Waals surface area contributed by atoms with E-state index in [4.69, 9.17) is 67.1 Å². The Bertz CT molecular complexity index is 2080. The number of carbonyl (C=O) groups excluding carboxylic acids is 6. The third kappa shape index (κ3) is 14.7. The Labute approximate surface area is 417 Å². The van der Waals surface area contributed by atoms with Crippen molar-refractivity contribution in [2.45, 2.75) is 211 Å². The van der Waals surface area contributed by atoms with Crippen molar-refractivity contribution in [3.05, 3.63) is 10.4 Å². The van der Waals surface area contributed by atoms with Gasteiger partial charge in [0.25, 0.3) is 29.5 Å². The van der Waals surface area contributed by atoms with Crippen LogP contribution in [0.3, 0.4) is 0 Å². The van der Waals surface area contributed by atoms with E-state index in [2.05, 4.69) is 36.6 Å². The average molecular weight is 1030 g/mol. The van der Waals surface area contributed by atoms with Crippen LogP contribution in [0.4, 0.5) is 0 Å². The highest BCUT2D eigenvalue weighted by Gasteiger charge is 2.53. The summed E-state index contributed by atoms with van der Waals surface area (Å²) in [5.74, 6) is -10.8. The zero-order valence-corrected chi connectivity index (χ0v) is 43.3. The summed E-state index contributed by atoms with van der Waals surface area (Å²) in [4.78, 5) is 83.6. The highest BCUT2D eigenvalue weighted by Crippen LogP contribution is 2.34. The predicted octanol–water partition coefficient (Wildman–Crippen LogP) is -0.0501. The second-order valence-corrected chi connectivity index (χ2v) is 21.2. The summed E-state index contributed by atoms with van der Waals surface area (Å²) >= 11 is 0. The molecule has 0 aromatic carbocycles. The molecule has 5 amide bonds. The fourth-order valence-electron chi connectivity index (χ4n) is 9.13. The van der Waals surface area contributed by atoms with Crippen LogP contribution >= 0.6 is 0 Å². The van der Waals surface area contributed by atoms with Crippen LogP contribution in [0.5, 0.6) is 0 Å². The molecule has 0 spiro atoms. The lowest BCUT2D eigenvalue weighted by molar-refractivity contribution is -0.173. The first-order valence-electron chi connectivity index (χ1n) is 24.0. The molecule has 0 aliphatic carbocycles. The molecule has 5 N–H and O–H groups in total. The number of nitrogens with one attached hydrogen (secondary N) is 5. The van der Waals surface area contributed by atoms with Gasteiger partial charge in [0.05, 0.1) is 12.6 Å². The fraction of sp³-hybridized carbons (Fsp3) is 0.867. The van der Waals surface area contributed by atoms with Crippen molar-refractivity contribution in [3.63, 3.8) is 0 Å². The van der Waals surface area contributed by atoms with Gasteiger partial charge >= 0.3 is 5.97 Å². The van der Waals surface area contributed by atoms with Crippen molar-refractivity contribution in [1.82, 2.24) is 26.6 Å². The number of hydrogen-bond acceptors (Lipinski definition) is 20. The summed E-state index contributed by atoms with van der Waals surface area (Å²) in [5, 5.41) is 17.3. The summed E-state index contributed by atoms with van der Waals surface area (Å²) in [6.45, 7) is 21.8. The number of carbonyl (C=O) groups is 6. The number of azide groups is 1. The Hall–Kier alpha value is -4.35. The van der Waals surface area contributed by atoms with Crippen molar-refractivity contribution in [1.29, 1.82) is 0 Å². The van der Waals surface area contributed by atoms with E-state index >= 15 is 0 Å². The van der Waals surface area contributed by atoms with E-state index in [0.717, 1.165) is 0 Å². The van der Waals surface area contributed by atoms with Gasteiger partial charge in [0.1, 0.15) is 36.6 Å². The number of hydrogen-bond donors (Lipinski definition) is 5. The maximum atomic E-state index is 13.8. The largest absolute Gasteiger partial charge is 0.461 e. The van der Waals surface area contributed by atoms with Gasteiger partial charge in [-0.05, 0) is 102 Å². The Morgan fingerprint density at radius 3 is 0.889 bits per heavy atom. The molecule has 6 fully saturated rings. The molecule has 0 aromatic heterocycles. The second kappa shape index (κ2) is 21.9. The minimum Gasteiger partial charge on any atom is -0.461 e. The Morgan fingerprint density at radius 2 is 0.639 bits per heavy atom. The number of rotatable bonds is 19. The number of ether oxygens (including phenoxy) is 13. The van der Waals surface area contributed by atoms with Gasteiger partial charge in [-0.3, -0.25) is 24.0 Å². The SMILES string of the molecule is CC(C)OC(=O)[C@@H]1OC(C)(C)O[C@H]1CNC(=O)[C@@H]1OC(C)(C)O[C@H]1CNC(=O)[C@@H]1OC(C)(C)O[C@H]1CNC(=O)[C@@H]1OC(C)(C)O[C@H]1CNC(=O)[C@@H]1OC(C)(C)O[C@H]1CNC(=O)[C@@H]1OC(C)(C)O[C@H]1CN=[N+]=[N-]. The van der Waals surface area contributed by atoms with Gasteiger partial charge in [0.2, 0.25) is 0 Å². The zero-order chi connectivity index (χ0) is 53.4. The lowest BCUT2D eigenvalue weighted by atomic mass is 10.1. The molecule has 72 heavy (non-hydrogen) atoms. The van der Waals surface area contributed by atoms with Gasteiger partial charge in [-0.15, -0.1) is 0 Å². The normalized spacial score (nSPS) is 34.5. The highest BCUT2D eigenvalue weighted by molar-refractivity contribution is 5.85. The van der Waals surface area contributed by atoms with Crippen LogP contribution in [0.25, 0.3) is 10.4 Å². The smallest absolute Gasteiger partial charge is 0.338 e. The molecule has 12 atom stereocenters. The van der Waals surface area contributed by atoms with Gasteiger partial charge < -0.3 is 88.2 Å². The third-order valence-electron chi connectivity index (χ3n) is 11.7. The summed E-state index contributed by atoms with van der Waals surface area (Å²) in [5.41, 5.74) is 8.79. The van der Waals surface area contributed by atoms with Gasteiger partial charge in [-0.25, -0.2) is 4.79 Å². The lowest BCUT2D eigenvalue weighted by Crippen LogP contribution is -2.53. The zero-order valence-electron chi connectivity index (χ0n) is 43.3. The lowest BCUT2D eigenvalue weighted by Gasteiger charge is -2.22. The van der Waals surface area contributed by atoms with Crippen molar-refractivity contribution in [2.75, 3.05) is 39.3 Å².